The Balaban J connectivity index is 2.86. The van der Waals surface area contributed by atoms with Gasteiger partial charge in [-0.25, -0.2) is 0 Å². The highest BCUT2D eigenvalue weighted by atomic mass is 35.5. The smallest absolute Gasteiger partial charge is 0.135 e. The van der Waals surface area contributed by atoms with Crippen LogP contribution in [0.5, 0.6) is 0 Å². The Morgan fingerprint density at radius 2 is 2.57 bits per heavy atom. The number of rotatable bonds is 2. The molecule has 0 bridgehead atoms. The Hall–Kier alpha value is -0.260. The Morgan fingerprint density at radius 1 is 2.00 bits per heavy atom. The second-order valence-corrected chi connectivity index (χ2v) is 1.63. The lowest BCUT2D eigenvalue weighted by atomic mass is 10.8. The molecule has 3 heteroatoms. The molecule has 0 aliphatic heterocycles. The van der Waals surface area contributed by atoms with Crippen LogP contribution in [0.1, 0.15) is 6.92 Å². The first-order valence-electron chi connectivity index (χ1n) is 1.90. The van der Waals surface area contributed by atoms with Gasteiger partial charge in [-0.3, -0.25) is 0 Å². The van der Waals surface area contributed by atoms with Gasteiger partial charge in [0.15, 0.2) is 0 Å². The molecule has 40 valence electrons. The first-order valence-corrected chi connectivity index (χ1v) is 2.33. The molecule has 0 aromatic heterocycles. The second-order valence-electron chi connectivity index (χ2n) is 1.01. The predicted octanol–water partition coefficient (Wildman–Crippen LogP) is 1.11. The maximum Gasteiger partial charge on any atom is 0.135 e. The standard InChI is InChI=1S/C4H6ClNO/c1-4(5)7-3-2-6/h4H,3H2,1H3. The molecule has 0 aliphatic rings. The molecule has 0 amide bonds. The third kappa shape index (κ3) is 5.74. The molecule has 0 saturated carbocycles. The minimum absolute atomic E-state index is 0.0741. The largest absolute Gasteiger partial charge is 0.348 e. The molecular weight excluding hydrogens is 114 g/mol. The van der Waals surface area contributed by atoms with E-state index in [-0.39, 0.29) is 12.2 Å². The molecule has 0 saturated heterocycles. The molecule has 0 rings (SSSR count). The molecule has 0 spiro atoms. The molecule has 0 aromatic carbocycles. The van der Waals surface area contributed by atoms with E-state index >= 15 is 0 Å². The molecule has 0 radical (unpaired) electrons. The van der Waals surface area contributed by atoms with Crippen LogP contribution in [0.4, 0.5) is 0 Å². The number of nitriles is 1. The van der Waals surface area contributed by atoms with Gasteiger partial charge in [0, 0.05) is 0 Å². The number of hydrogen-bond acceptors (Lipinski definition) is 2. The highest BCUT2D eigenvalue weighted by molar-refractivity contribution is 6.19. The van der Waals surface area contributed by atoms with Crippen molar-refractivity contribution in [2.75, 3.05) is 6.61 Å². The monoisotopic (exact) mass is 119 g/mol. The van der Waals surface area contributed by atoms with Crippen LogP contribution in [0.25, 0.3) is 0 Å². The van der Waals surface area contributed by atoms with Crippen molar-refractivity contribution >= 4 is 11.6 Å². The van der Waals surface area contributed by atoms with E-state index in [1.165, 1.54) is 0 Å². The van der Waals surface area contributed by atoms with Crippen LogP contribution in [0.3, 0.4) is 0 Å². The number of hydrogen-bond donors (Lipinski definition) is 0. The van der Waals surface area contributed by atoms with E-state index < -0.39 is 0 Å². The molecule has 1 unspecified atom stereocenters. The predicted molar refractivity (Wildman–Crippen MR) is 26.9 cm³/mol. The van der Waals surface area contributed by atoms with E-state index in [0.717, 1.165) is 0 Å². The summed E-state index contributed by atoms with van der Waals surface area (Å²) in [6.07, 6.45) is 0. The van der Waals surface area contributed by atoms with Gasteiger partial charge in [-0.15, -0.1) is 0 Å². The van der Waals surface area contributed by atoms with Gasteiger partial charge in [0.25, 0.3) is 0 Å². The fraction of sp³-hybridized carbons (Fsp3) is 0.750. The second kappa shape index (κ2) is 3.91. The molecule has 0 heterocycles. The summed E-state index contributed by atoms with van der Waals surface area (Å²) in [5, 5.41) is 7.88. The summed E-state index contributed by atoms with van der Waals surface area (Å²) in [4.78, 5) is 0. The summed E-state index contributed by atoms with van der Waals surface area (Å²) in [5.41, 5.74) is -0.348. The zero-order valence-electron chi connectivity index (χ0n) is 4.02. The number of alkyl halides is 1. The molecule has 0 aromatic rings. The lowest BCUT2D eigenvalue weighted by Crippen LogP contribution is -1.97. The van der Waals surface area contributed by atoms with Crippen molar-refractivity contribution in [3.63, 3.8) is 0 Å². The Kier molecular flexibility index (Phi) is 3.77. The average Bonchev–Trinajstić information content (AvgIpc) is 1.61. The van der Waals surface area contributed by atoms with Crippen LogP contribution in [-0.2, 0) is 4.74 Å². The molecule has 0 N–H and O–H groups in total. The van der Waals surface area contributed by atoms with Crippen LogP contribution >= 0.6 is 11.6 Å². The number of ether oxygens (including phenoxy) is 1. The molecule has 7 heavy (non-hydrogen) atoms. The Morgan fingerprint density at radius 3 is 2.71 bits per heavy atom. The summed E-state index contributed by atoms with van der Waals surface area (Å²) in [6, 6.07) is 1.79. The van der Waals surface area contributed by atoms with E-state index in [2.05, 4.69) is 4.74 Å². The highest BCUT2D eigenvalue weighted by Gasteiger charge is 1.89. The Bertz CT molecular complexity index is 76.2. The molecule has 0 aliphatic carbocycles. The molecule has 0 fully saturated rings. The minimum Gasteiger partial charge on any atom is -0.348 e. The third-order valence-electron chi connectivity index (χ3n) is 0.378. The van der Waals surface area contributed by atoms with Gasteiger partial charge in [-0.2, -0.15) is 5.26 Å². The molecular formula is C4H6ClNO. The van der Waals surface area contributed by atoms with Crippen LogP contribution in [0.2, 0.25) is 0 Å². The summed E-state index contributed by atoms with van der Waals surface area (Å²) < 4.78 is 4.60. The van der Waals surface area contributed by atoms with E-state index in [1.54, 1.807) is 13.0 Å². The van der Waals surface area contributed by atoms with E-state index in [0.29, 0.717) is 0 Å². The zero-order valence-corrected chi connectivity index (χ0v) is 4.77. The van der Waals surface area contributed by atoms with Gasteiger partial charge in [0.05, 0.1) is 6.07 Å². The summed E-state index contributed by atoms with van der Waals surface area (Å²) in [5.74, 6) is 0. The summed E-state index contributed by atoms with van der Waals surface area (Å²) in [6.45, 7) is 1.74. The quantitative estimate of drug-likeness (QED) is 0.510. The maximum absolute atomic E-state index is 7.88. The van der Waals surface area contributed by atoms with Gasteiger partial charge in [-0.05, 0) is 6.92 Å². The summed E-state index contributed by atoms with van der Waals surface area (Å²) in [7, 11) is 0. The fourth-order valence-electron chi connectivity index (χ4n) is 0.152. The van der Waals surface area contributed by atoms with Gasteiger partial charge in [0.1, 0.15) is 12.2 Å². The molecule has 1 atom stereocenters. The van der Waals surface area contributed by atoms with Crippen LogP contribution in [0, 0.1) is 11.3 Å². The third-order valence-corrected chi connectivity index (χ3v) is 0.504. The van der Waals surface area contributed by atoms with Crippen molar-refractivity contribution in [3.8, 4) is 6.07 Å². The minimum atomic E-state index is -0.348. The van der Waals surface area contributed by atoms with E-state index in [1.807, 2.05) is 0 Å². The SMILES string of the molecule is CC(Cl)OCC#N. The highest BCUT2D eigenvalue weighted by Crippen LogP contribution is 1.92. The van der Waals surface area contributed by atoms with Crippen LogP contribution in [0.15, 0.2) is 0 Å². The van der Waals surface area contributed by atoms with Crippen molar-refractivity contribution in [1.29, 1.82) is 5.26 Å². The Labute approximate surface area is 47.6 Å². The zero-order chi connectivity index (χ0) is 5.70. The van der Waals surface area contributed by atoms with Gasteiger partial charge < -0.3 is 4.74 Å². The van der Waals surface area contributed by atoms with Crippen molar-refractivity contribution in [2.45, 2.75) is 12.5 Å². The lowest BCUT2D eigenvalue weighted by molar-refractivity contribution is 0.150. The van der Waals surface area contributed by atoms with Gasteiger partial charge in [0.2, 0.25) is 0 Å². The normalized spacial score (nSPS) is 12.7. The number of halogens is 1. The fourth-order valence-corrected chi connectivity index (χ4v) is 0.215. The van der Waals surface area contributed by atoms with Crippen molar-refractivity contribution in [3.05, 3.63) is 0 Å². The van der Waals surface area contributed by atoms with Gasteiger partial charge in [-0.1, -0.05) is 11.6 Å². The van der Waals surface area contributed by atoms with Crippen molar-refractivity contribution in [1.82, 2.24) is 0 Å². The molecule has 2 nitrogen and oxygen atoms in total. The first-order chi connectivity index (χ1) is 3.27. The maximum atomic E-state index is 7.88. The van der Waals surface area contributed by atoms with Crippen molar-refractivity contribution < 1.29 is 4.74 Å². The topological polar surface area (TPSA) is 33.0 Å². The average molecular weight is 120 g/mol. The van der Waals surface area contributed by atoms with Gasteiger partial charge >= 0.3 is 0 Å². The van der Waals surface area contributed by atoms with Crippen LogP contribution < -0.4 is 0 Å². The van der Waals surface area contributed by atoms with E-state index in [9.17, 15) is 0 Å². The first kappa shape index (κ1) is 6.74. The van der Waals surface area contributed by atoms with Crippen LogP contribution in [-0.4, -0.2) is 12.2 Å². The lowest BCUT2D eigenvalue weighted by Gasteiger charge is -1.96. The number of nitrogens with zero attached hydrogens (tertiary/aromatic N) is 1. The van der Waals surface area contributed by atoms with E-state index in [4.69, 9.17) is 16.9 Å². The van der Waals surface area contributed by atoms with Crippen molar-refractivity contribution in [2.24, 2.45) is 0 Å². The summed E-state index contributed by atoms with van der Waals surface area (Å²) >= 11 is 5.28.